The second kappa shape index (κ2) is 7.58. The minimum absolute atomic E-state index is 0.109. The summed E-state index contributed by atoms with van der Waals surface area (Å²) < 4.78 is 0.575. The van der Waals surface area contributed by atoms with E-state index in [2.05, 4.69) is 15.5 Å². The van der Waals surface area contributed by atoms with Gasteiger partial charge in [-0.05, 0) is 49.3 Å². The first-order chi connectivity index (χ1) is 12.0. The zero-order valence-electron chi connectivity index (χ0n) is 13.9. The molecule has 0 radical (unpaired) electrons. The number of anilines is 3. The Balaban J connectivity index is 1.85. The molecule has 2 aromatic carbocycles. The van der Waals surface area contributed by atoms with Crippen LogP contribution in [0.25, 0.3) is 0 Å². The zero-order chi connectivity index (χ0) is 17.8. The van der Waals surface area contributed by atoms with Crippen molar-refractivity contribution in [2.45, 2.75) is 13.8 Å². The van der Waals surface area contributed by atoms with Crippen LogP contribution in [0.15, 0.2) is 48.5 Å². The molecule has 0 saturated heterocycles. The van der Waals surface area contributed by atoms with Crippen LogP contribution in [0.2, 0.25) is 0 Å². The largest absolute Gasteiger partial charge is 0.324 e. The van der Waals surface area contributed by atoms with Crippen LogP contribution in [0.4, 0.5) is 16.5 Å². The van der Waals surface area contributed by atoms with Gasteiger partial charge in [0.2, 0.25) is 11.0 Å². The fourth-order valence-electron chi connectivity index (χ4n) is 2.55. The predicted molar refractivity (Wildman–Crippen MR) is 105 cm³/mol. The van der Waals surface area contributed by atoms with E-state index >= 15 is 0 Å². The fourth-order valence-corrected chi connectivity index (χ4v) is 3.45. The maximum Gasteiger partial charge on any atom is 0.244 e. The van der Waals surface area contributed by atoms with Gasteiger partial charge in [-0.2, -0.15) is 0 Å². The number of para-hydroxylation sites is 2. The SMILES string of the molecule is Cc1cccc(C)c1NC(=O)CN(c1ccccc1)c1n[nH]c(=S)s1. The minimum atomic E-state index is -0.109. The topological polar surface area (TPSA) is 61.0 Å². The number of carbonyl (C=O) groups excluding carboxylic acids is 1. The van der Waals surface area contributed by atoms with E-state index in [9.17, 15) is 4.79 Å². The molecule has 25 heavy (non-hydrogen) atoms. The van der Waals surface area contributed by atoms with Gasteiger partial charge in [0.15, 0.2) is 3.95 Å². The van der Waals surface area contributed by atoms with E-state index in [-0.39, 0.29) is 12.5 Å². The van der Waals surface area contributed by atoms with Crippen LogP contribution in [0.5, 0.6) is 0 Å². The van der Waals surface area contributed by atoms with Gasteiger partial charge < -0.3 is 10.2 Å². The number of aromatic amines is 1. The van der Waals surface area contributed by atoms with Crippen molar-refractivity contribution in [3.63, 3.8) is 0 Å². The Labute approximate surface area is 155 Å². The number of aromatic nitrogens is 2. The number of nitrogens with zero attached hydrogens (tertiary/aromatic N) is 2. The lowest BCUT2D eigenvalue weighted by atomic mass is 10.1. The zero-order valence-corrected chi connectivity index (χ0v) is 15.6. The number of hydrogen-bond donors (Lipinski definition) is 2. The molecule has 3 aromatic rings. The molecular formula is C18H18N4OS2. The molecule has 0 bridgehead atoms. The number of rotatable bonds is 5. The summed E-state index contributed by atoms with van der Waals surface area (Å²) in [5.74, 6) is -0.109. The van der Waals surface area contributed by atoms with E-state index in [0.717, 1.165) is 22.5 Å². The van der Waals surface area contributed by atoms with E-state index in [1.807, 2.05) is 67.3 Å². The van der Waals surface area contributed by atoms with E-state index in [1.54, 1.807) is 0 Å². The first-order valence-electron chi connectivity index (χ1n) is 7.79. The fraction of sp³-hybridized carbons (Fsp3) is 0.167. The maximum absolute atomic E-state index is 12.7. The van der Waals surface area contributed by atoms with Crippen molar-refractivity contribution in [1.82, 2.24) is 10.2 Å². The van der Waals surface area contributed by atoms with E-state index in [4.69, 9.17) is 12.2 Å². The summed E-state index contributed by atoms with van der Waals surface area (Å²) in [6.07, 6.45) is 0. The average molecular weight is 371 g/mol. The molecule has 128 valence electrons. The predicted octanol–water partition coefficient (Wildman–Crippen LogP) is 4.59. The van der Waals surface area contributed by atoms with E-state index in [1.165, 1.54) is 11.3 Å². The van der Waals surface area contributed by atoms with Gasteiger partial charge in [0.25, 0.3) is 0 Å². The van der Waals surface area contributed by atoms with Crippen molar-refractivity contribution in [2.75, 3.05) is 16.8 Å². The molecule has 0 fully saturated rings. The summed E-state index contributed by atoms with van der Waals surface area (Å²) in [5, 5.41) is 10.7. The standard InChI is InChI=1S/C18H18N4OS2/c1-12-7-6-8-13(2)16(12)19-15(23)11-22(14-9-4-3-5-10-14)17-20-21-18(24)25-17/h3-10H,11H2,1-2H3,(H,19,23)(H,21,24). The third-order valence-electron chi connectivity index (χ3n) is 3.77. The molecule has 1 amide bonds. The number of carbonyl (C=O) groups is 1. The number of hydrogen-bond acceptors (Lipinski definition) is 5. The Kier molecular flexibility index (Phi) is 5.25. The van der Waals surface area contributed by atoms with Gasteiger partial charge in [-0.15, -0.1) is 5.10 Å². The Bertz CT molecular complexity index is 913. The molecule has 0 aliphatic rings. The third kappa shape index (κ3) is 4.12. The minimum Gasteiger partial charge on any atom is -0.324 e. The lowest BCUT2D eigenvalue weighted by Gasteiger charge is -2.21. The van der Waals surface area contributed by atoms with Crippen LogP contribution in [0, 0.1) is 17.8 Å². The molecule has 0 atom stereocenters. The summed E-state index contributed by atoms with van der Waals surface area (Å²) in [7, 11) is 0. The molecule has 0 spiro atoms. The molecule has 0 aliphatic carbocycles. The summed E-state index contributed by atoms with van der Waals surface area (Å²) in [6, 6.07) is 15.6. The quantitative estimate of drug-likeness (QED) is 0.645. The van der Waals surface area contributed by atoms with Gasteiger partial charge in [0.1, 0.15) is 6.54 Å². The molecule has 1 heterocycles. The summed E-state index contributed by atoms with van der Waals surface area (Å²) in [5.41, 5.74) is 3.82. The van der Waals surface area contributed by atoms with Gasteiger partial charge in [-0.3, -0.25) is 9.89 Å². The van der Waals surface area contributed by atoms with E-state index in [0.29, 0.717) is 9.09 Å². The number of benzene rings is 2. The van der Waals surface area contributed by atoms with Crippen LogP contribution in [-0.2, 0) is 4.79 Å². The highest BCUT2D eigenvalue weighted by Crippen LogP contribution is 2.27. The monoisotopic (exact) mass is 370 g/mol. The molecule has 2 N–H and O–H groups in total. The smallest absolute Gasteiger partial charge is 0.244 e. The Morgan fingerprint density at radius 3 is 2.44 bits per heavy atom. The van der Waals surface area contributed by atoms with Gasteiger partial charge in [0, 0.05) is 11.4 Å². The van der Waals surface area contributed by atoms with Crippen molar-refractivity contribution in [2.24, 2.45) is 0 Å². The average Bonchev–Trinajstić information content (AvgIpc) is 3.03. The van der Waals surface area contributed by atoms with Crippen molar-refractivity contribution < 1.29 is 4.79 Å². The molecule has 0 aliphatic heterocycles. The Morgan fingerprint density at radius 1 is 1.16 bits per heavy atom. The van der Waals surface area contributed by atoms with E-state index < -0.39 is 0 Å². The molecule has 1 aromatic heterocycles. The van der Waals surface area contributed by atoms with Gasteiger partial charge in [0.05, 0.1) is 0 Å². The van der Waals surface area contributed by atoms with Gasteiger partial charge >= 0.3 is 0 Å². The van der Waals surface area contributed by atoms with Crippen LogP contribution in [-0.4, -0.2) is 22.6 Å². The van der Waals surface area contributed by atoms with Crippen molar-refractivity contribution in [3.05, 3.63) is 63.6 Å². The molecule has 3 rings (SSSR count). The number of aryl methyl sites for hydroxylation is 2. The van der Waals surface area contributed by atoms with Crippen molar-refractivity contribution in [1.29, 1.82) is 0 Å². The molecular weight excluding hydrogens is 352 g/mol. The second-order valence-electron chi connectivity index (χ2n) is 5.63. The first-order valence-corrected chi connectivity index (χ1v) is 9.01. The van der Waals surface area contributed by atoms with Crippen LogP contribution in [0.3, 0.4) is 0 Å². The number of amides is 1. The second-order valence-corrected chi connectivity index (χ2v) is 7.28. The highest BCUT2D eigenvalue weighted by atomic mass is 32.1. The lowest BCUT2D eigenvalue weighted by molar-refractivity contribution is -0.114. The molecule has 7 heteroatoms. The lowest BCUT2D eigenvalue weighted by Crippen LogP contribution is -2.30. The number of nitrogens with one attached hydrogen (secondary N) is 2. The van der Waals surface area contributed by atoms with Crippen LogP contribution >= 0.6 is 23.6 Å². The van der Waals surface area contributed by atoms with Gasteiger partial charge in [-0.25, -0.2) is 0 Å². The van der Waals surface area contributed by atoms with Gasteiger partial charge in [-0.1, -0.05) is 47.7 Å². The Morgan fingerprint density at radius 2 is 1.84 bits per heavy atom. The maximum atomic E-state index is 12.7. The summed E-state index contributed by atoms with van der Waals surface area (Å²) >= 11 is 6.47. The Hall–Kier alpha value is -2.51. The number of H-pyrrole nitrogens is 1. The molecule has 0 saturated carbocycles. The third-order valence-corrected chi connectivity index (χ3v) is 4.89. The summed E-state index contributed by atoms with van der Waals surface area (Å²) in [4.78, 5) is 14.5. The first kappa shape index (κ1) is 17.3. The van der Waals surface area contributed by atoms with Crippen molar-refractivity contribution >= 4 is 46.0 Å². The van der Waals surface area contributed by atoms with Crippen molar-refractivity contribution in [3.8, 4) is 0 Å². The molecule has 5 nitrogen and oxygen atoms in total. The normalized spacial score (nSPS) is 10.5. The van der Waals surface area contributed by atoms with Crippen LogP contribution < -0.4 is 10.2 Å². The molecule has 0 unspecified atom stereocenters. The highest BCUT2D eigenvalue weighted by Gasteiger charge is 2.17. The summed E-state index contributed by atoms with van der Waals surface area (Å²) in [6.45, 7) is 4.11. The van der Waals surface area contributed by atoms with Crippen LogP contribution in [0.1, 0.15) is 11.1 Å². The highest BCUT2D eigenvalue weighted by molar-refractivity contribution is 7.73.